The second-order valence-corrected chi connectivity index (χ2v) is 8.18. The first-order chi connectivity index (χ1) is 17.9. The van der Waals surface area contributed by atoms with Crippen LogP contribution in [-0.4, -0.2) is 13.8 Å². The summed E-state index contributed by atoms with van der Waals surface area (Å²) >= 11 is 0. The standard InChI is InChI=1S/C29H17N3/c1-2-8-18(9-3-1)21-15-23-22-14-19-10-4-5-11-20(19)16-26(22)32-28(23)27(17-21)31-25-13-7-6-12-24(25)30-29(31)32/h1-17H/i1D,2D,3D,8D,9D. The zero-order valence-corrected chi connectivity index (χ0v) is 16.8. The lowest BCUT2D eigenvalue weighted by atomic mass is 10.0. The van der Waals surface area contributed by atoms with Gasteiger partial charge in [0.05, 0.1) is 34.4 Å². The van der Waals surface area contributed by atoms with E-state index >= 15 is 0 Å². The van der Waals surface area contributed by atoms with Crippen molar-refractivity contribution >= 4 is 54.9 Å². The smallest absolute Gasteiger partial charge is 0.220 e. The van der Waals surface area contributed by atoms with Crippen molar-refractivity contribution in [1.82, 2.24) is 13.8 Å². The number of hydrogen-bond donors (Lipinski definition) is 0. The number of para-hydroxylation sites is 2. The molecule has 8 rings (SSSR count). The molecule has 0 aliphatic rings. The zero-order chi connectivity index (χ0) is 25.2. The molecule has 0 atom stereocenters. The molecule has 0 unspecified atom stereocenters. The number of aromatic nitrogens is 3. The molecule has 0 N–H and O–H groups in total. The lowest BCUT2D eigenvalue weighted by molar-refractivity contribution is 1.22. The molecular weight excluding hydrogens is 390 g/mol. The van der Waals surface area contributed by atoms with Crippen LogP contribution in [0.3, 0.4) is 0 Å². The van der Waals surface area contributed by atoms with E-state index in [1.165, 1.54) is 0 Å². The van der Waals surface area contributed by atoms with Gasteiger partial charge in [-0.15, -0.1) is 0 Å². The molecule has 5 aromatic carbocycles. The number of hydrogen-bond acceptors (Lipinski definition) is 1. The summed E-state index contributed by atoms with van der Waals surface area (Å²) in [6.45, 7) is 0. The molecule has 148 valence electrons. The predicted octanol–water partition coefficient (Wildman–Crippen LogP) is 7.30. The summed E-state index contributed by atoms with van der Waals surface area (Å²) in [7, 11) is 0. The van der Waals surface area contributed by atoms with Gasteiger partial charge in [0, 0.05) is 10.8 Å². The molecule has 32 heavy (non-hydrogen) atoms. The number of nitrogens with zero attached hydrogens (tertiary/aromatic N) is 3. The molecule has 0 spiro atoms. The van der Waals surface area contributed by atoms with Gasteiger partial charge in [0.1, 0.15) is 0 Å². The molecule has 0 aliphatic heterocycles. The van der Waals surface area contributed by atoms with Gasteiger partial charge < -0.3 is 0 Å². The van der Waals surface area contributed by atoms with E-state index in [-0.39, 0.29) is 29.7 Å². The average Bonchev–Trinajstić information content (AvgIpc) is 3.55. The largest absolute Gasteiger partial charge is 0.277 e. The van der Waals surface area contributed by atoms with E-state index in [9.17, 15) is 0 Å². The molecule has 0 saturated heterocycles. The molecule has 8 aromatic rings. The third kappa shape index (κ3) is 1.94. The lowest BCUT2D eigenvalue weighted by Crippen LogP contribution is -1.85. The predicted molar refractivity (Wildman–Crippen MR) is 133 cm³/mol. The molecular formula is C29H17N3. The Kier molecular flexibility index (Phi) is 2.20. The van der Waals surface area contributed by atoms with Crippen LogP contribution in [0.5, 0.6) is 0 Å². The van der Waals surface area contributed by atoms with Gasteiger partial charge in [-0.25, -0.2) is 4.98 Å². The van der Waals surface area contributed by atoms with Crippen LogP contribution in [0, 0.1) is 0 Å². The molecule has 0 radical (unpaired) electrons. The summed E-state index contributed by atoms with van der Waals surface area (Å²) in [6, 6.07) is 22.9. The molecule has 0 bridgehead atoms. The van der Waals surface area contributed by atoms with Crippen LogP contribution in [-0.2, 0) is 0 Å². The van der Waals surface area contributed by atoms with Crippen molar-refractivity contribution in [3.05, 3.63) is 103 Å². The molecule has 0 aliphatic carbocycles. The number of benzene rings is 5. The SMILES string of the molecule is [2H]c1c([2H])c([2H])c(-c2cc3c4cc5ccccc5cc4n4c3c(c2)n2c3ccccc3nc24)c([2H])c1[2H]. The Morgan fingerprint density at radius 1 is 0.625 bits per heavy atom. The maximum absolute atomic E-state index is 8.60. The Morgan fingerprint density at radius 3 is 2.28 bits per heavy atom. The third-order valence-electron chi connectivity index (χ3n) is 6.48. The van der Waals surface area contributed by atoms with E-state index in [0.29, 0.717) is 5.56 Å². The van der Waals surface area contributed by atoms with Crippen molar-refractivity contribution in [1.29, 1.82) is 0 Å². The van der Waals surface area contributed by atoms with Gasteiger partial charge in [-0.1, -0.05) is 66.6 Å². The van der Waals surface area contributed by atoms with E-state index in [4.69, 9.17) is 11.8 Å². The Balaban J connectivity index is 1.65. The van der Waals surface area contributed by atoms with Gasteiger partial charge in [-0.2, -0.15) is 0 Å². The van der Waals surface area contributed by atoms with E-state index in [0.717, 1.165) is 54.9 Å². The highest BCUT2D eigenvalue weighted by atomic mass is 15.2. The molecule has 0 amide bonds. The summed E-state index contributed by atoms with van der Waals surface area (Å²) in [5.41, 5.74) is 5.49. The normalized spacial score (nSPS) is 14.6. The summed E-state index contributed by atoms with van der Waals surface area (Å²) in [5, 5.41) is 4.21. The highest BCUT2D eigenvalue weighted by Crippen LogP contribution is 2.40. The molecule has 3 aromatic heterocycles. The van der Waals surface area contributed by atoms with Gasteiger partial charge in [0.2, 0.25) is 5.78 Å². The van der Waals surface area contributed by atoms with Crippen molar-refractivity contribution in [3.8, 4) is 11.1 Å². The molecule has 0 fully saturated rings. The van der Waals surface area contributed by atoms with Crippen LogP contribution in [0.25, 0.3) is 66.0 Å². The maximum atomic E-state index is 8.60. The average molecular weight is 413 g/mol. The van der Waals surface area contributed by atoms with Gasteiger partial charge >= 0.3 is 0 Å². The summed E-state index contributed by atoms with van der Waals surface area (Å²) in [6.07, 6.45) is 0. The van der Waals surface area contributed by atoms with Crippen molar-refractivity contribution in [2.24, 2.45) is 0 Å². The van der Waals surface area contributed by atoms with Crippen molar-refractivity contribution < 1.29 is 6.85 Å². The second-order valence-electron chi connectivity index (χ2n) is 8.18. The van der Waals surface area contributed by atoms with Crippen molar-refractivity contribution in [2.45, 2.75) is 0 Å². The maximum Gasteiger partial charge on any atom is 0.220 e. The quantitative estimate of drug-likeness (QED) is 0.277. The first-order valence-electron chi connectivity index (χ1n) is 13.0. The summed E-state index contributed by atoms with van der Waals surface area (Å²) in [5.74, 6) is 0.782. The highest BCUT2D eigenvalue weighted by Gasteiger charge is 2.22. The fraction of sp³-hybridized carbons (Fsp3) is 0. The van der Waals surface area contributed by atoms with E-state index in [1.807, 2.05) is 48.5 Å². The zero-order valence-electron chi connectivity index (χ0n) is 21.8. The molecule has 3 heterocycles. The number of imidazole rings is 2. The van der Waals surface area contributed by atoms with Crippen LogP contribution in [0.2, 0.25) is 0 Å². The topological polar surface area (TPSA) is 21.7 Å². The first-order valence-corrected chi connectivity index (χ1v) is 10.5. The van der Waals surface area contributed by atoms with Crippen molar-refractivity contribution in [3.63, 3.8) is 0 Å². The second kappa shape index (κ2) is 5.65. The summed E-state index contributed by atoms with van der Waals surface area (Å²) in [4.78, 5) is 4.98. The number of fused-ring (bicyclic) bond motifs is 9. The summed E-state index contributed by atoms with van der Waals surface area (Å²) < 4.78 is 46.0. The third-order valence-corrected chi connectivity index (χ3v) is 6.48. The van der Waals surface area contributed by atoms with Crippen LogP contribution < -0.4 is 0 Å². The van der Waals surface area contributed by atoms with Crippen LogP contribution in [0.15, 0.2) is 103 Å². The van der Waals surface area contributed by atoms with Crippen LogP contribution in [0.4, 0.5) is 0 Å². The van der Waals surface area contributed by atoms with Crippen LogP contribution in [0.1, 0.15) is 6.85 Å². The van der Waals surface area contributed by atoms with Gasteiger partial charge in [-0.05, 0) is 58.3 Å². The van der Waals surface area contributed by atoms with E-state index in [1.54, 1.807) is 0 Å². The Labute approximate surface area is 190 Å². The fourth-order valence-electron chi connectivity index (χ4n) is 5.13. The van der Waals surface area contributed by atoms with Gasteiger partial charge in [-0.3, -0.25) is 8.80 Å². The minimum atomic E-state index is -0.393. The van der Waals surface area contributed by atoms with Crippen LogP contribution >= 0.6 is 0 Å². The molecule has 3 heteroatoms. The van der Waals surface area contributed by atoms with Crippen molar-refractivity contribution in [2.75, 3.05) is 0 Å². The Bertz CT molecular complexity index is 2230. The van der Waals surface area contributed by atoms with Gasteiger partial charge in [0.15, 0.2) is 0 Å². The Morgan fingerprint density at radius 2 is 1.41 bits per heavy atom. The fourth-order valence-corrected chi connectivity index (χ4v) is 5.13. The van der Waals surface area contributed by atoms with E-state index < -0.39 is 6.04 Å². The minimum absolute atomic E-state index is 0.198. The molecule has 0 saturated carbocycles. The molecule has 3 nitrogen and oxygen atoms in total. The first kappa shape index (κ1) is 12.5. The lowest BCUT2D eigenvalue weighted by Gasteiger charge is -2.04. The minimum Gasteiger partial charge on any atom is -0.277 e. The highest BCUT2D eigenvalue weighted by molar-refractivity contribution is 6.19. The Hall–Kier alpha value is -4.37. The monoisotopic (exact) mass is 412 g/mol. The van der Waals surface area contributed by atoms with E-state index in [2.05, 4.69) is 33.1 Å². The van der Waals surface area contributed by atoms with Gasteiger partial charge in [0.25, 0.3) is 0 Å². The number of rotatable bonds is 1.